The van der Waals surface area contributed by atoms with E-state index in [1.165, 1.54) is 44.5 Å². The van der Waals surface area contributed by atoms with Gasteiger partial charge in [0, 0.05) is 25.2 Å². The van der Waals surface area contributed by atoms with Gasteiger partial charge in [-0.25, -0.2) is 0 Å². The van der Waals surface area contributed by atoms with E-state index in [0.29, 0.717) is 0 Å². The molecule has 0 bridgehead atoms. The largest absolute Gasteiger partial charge is 0.356 e. The highest BCUT2D eigenvalue weighted by atomic mass is 35.5. The van der Waals surface area contributed by atoms with Crippen molar-refractivity contribution in [3.05, 3.63) is 34.9 Å². The Morgan fingerprint density at radius 2 is 1.83 bits per heavy atom. The fourth-order valence-corrected chi connectivity index (χ4v) is 3.31. The fraction of sp³-hybridized carbons (Fsp3) is 0.632. The molecule has 1 aliphatic heterocycles. The first-order valence-corrected chi connectivity index (χ1v) is 9.50. The maximum Gasteiger partial charge on any atom is 0.190 e. The molecule has 1 saturated heterocycles. The van der Waals surface area contributed by atoms with Crippen molar-refractivity contribution < 1.29 is 0 Å². The molecule has 0 aromatic heterocycles. The van der Waals surface area contributed by atoms with Crippen LogP contribution in [0.25, 0.3) is 0 Å². The van der Waals surface area contributed by atoms with Gasteiger partial charge < -0.3 is 15.5 Å². The lowest BCUT2D eigenvalue weighted by Crippen LogP contribution is -2.40. The quantitative estimate of drug-likeness (QED) is 0.586. The Labute approximate surface area is 151 Å². The molecule has 1 aliphatic rings. The molecule has 0 aliphatic carbocycles. The van der Waals surface area contributed by atoms with Gasteiger partial charge in [-0.2, -0.15) is 0 Å². The number of likely N-dealkylation sites (tertiary alicyclic amines) is 1. The van der Waals surface area contributed by atoms with Crippen molar-refractivity contribution >= 4 is 17.6 Å². The third-order valence-electron chi connectivity index (χ3n) is 4.84. The maximum atomic E-state index is 5.91. The molecule has 134 valence electrons. The lowest BCUT2D eigenvalue weighted by Gasteiger charge is -2.31. The summed E-state index contributed by atoms with van der Waals surface area (Å²) < 4.78 is 0. The van der Waals surface area contributed by atoms with Gasteiger partial charge in [0.15, 0.2) is 5.96 Å². The average molecular weight is 351 g/mol. The van der Waals surface area contributed by atoms with Crippen LogP contribution < -0.4 is 10.6 Å². The van der Waals surface area contributed by atoms with Gasteiger partial charge in [0.2, 0.25) is 0 Å². The van der Waals surface area contributed by atoms with Crippen LogP contribution in [0.3, 0.4) is 0 Å². The molecule has 0 atom stereocenters. The number of aliphatic imine (C=N–C) groups is 1. The Kier molecular flexibility index (Phi) is 8.40. The molecule has 1 fully saturated rings. The first-order chi connectivity index (χ1) is 11.7. The van der Waals surface area contributed by atoms with Crippen LogP contribution in [0, 0.1) is 5.92 Å². The minimum absolute atomic E-state index is 0.786. The van der Waals surface area contributed by atoms with Crippen LogP contribution in [0.15, 0.2) is 29.3 Å². The third-order valence-corrected chi connectivity index (χ3v) is 5.09. The van der Waals surface area contributed by atoms with Crippen LogP contribution >= 0.6 is 11.6 Å². The SMILES string of the molecule is CCN1CCC(CCNC(=NC)NCCc2ccc(Cl)cc2)CC1. The summed E-state index contributed by atoms with van der Waals surface area (Å²) in [5.41, 5.74) is 1.28. The van der Waals surface area contributed by atoms with E-state index in [1.54, 1.807) is 0 Å². The van der Waals surface area contributed by atoms with Crippen molar-refractivity contribution in [1.82, 2.24) is 15.5 Å². The number of halogens is 1. The molecular weight excluding hydrogens is 320 g/mol. The molecule has 0 spiro atoms. The molecule has 0 saturated carbocycles. The van der Waals surface area contributed by atoms with Crippen LogP contribution in [0.5, 0.6) is 0 Å². The molecule has 2 N–H and O–H groups in total. The minimum Gasteiger partial charge on any atom is -0.356 e. The normalized spacial score (nSPS) is 17.0. The fourth-order valence-electron chi connectivity index (χ4n) is 3.18. The van der Waals surface area contributed by atoms with Crippen molar-refractivity contribution in [3.8, 4) is 0 Å². The zero-order chi connectivity index (χ0) is 17.2. The van der Waals surface area contributed by atoms with Crippen molar-refractivity contribution in [2.75, 3.05) is 39.8 Å². The van der Waals surface area contributed by atoms with Crippen LogP contribution in [0.4, 0.5) is 0 Å². The van der Waals surface area contributed by atoms with Crippen molar-refractivity contribution in [1.29, 1.82) is 0 Å². The van der Waals surface area contributed by atoms with Gasteiger partial charge >= 0.3 is 0 Å². The average Bonchev–Trinajstić information content (AvgIpc) is 2.62. The zero-order valence-electron chi connectivity index (χ0n) is 15.0. The van der Waals surface area contributed by atoms with Crippen LogP contribution in [-0.2, 0) is 6.42 Å². The number of nitrogens with one attached hydrogen (secondary N) is 2. The summed E-state index contributed by atoms with van der Waals surface area (Å²) in [6.07, 6.45) is 4.86. The third kappa shape index (κ3) is 6.70. The van der Waals surface area contributed by atoms with E-state index in [1.807, 2.05) is 19.2 Å². The minimum atomic E-state index is 0.786. The van der Waals surface area contributed by atoms with E-state index in [2.05, 4.69) is 39.6 Å². The first kappa shape index (κ1) is 19.1. The topological polar surface area (TPSA) is 39.7 Å². The second-order valence-electron chi connectivity index (χ2n) is 6.47. The highest BCUT2D eigenvalue weighted by Gasteiger charge is 2.17. The lowest BCUT2D eigenvalue weighted by molar-refractivity contribution is 0.187. The Balaban J connectivity index is 1.59. The van der Waals surface area contributed by atoms with E-state index in [0.717, 1.165) is 36.4 Å². The first-order valence-electron chi connectivity index (χ1n) is 9.12. The van der Waals surface area contributed by atoms with Gasteiger partial charge in [0.1, 0.15) is 0 Å². The molecule has 1 heterocycles. The summed E-state index contributed by atoms with van der Waals surface area (Å²) >= 11 is 5.91. The second kappa shape index (κ2) is 10.6. The summed E-state index contributed by atoms with van der Waals surface area (Å²) in [6.45, 7) is 7.83. The van der Waals surface area contributed by atoms with E-state index >= 15 is 0 Å². The van der Waals surface area contributed by atoms with Gasteiger partial charge in [-0.05, 0) is 68.9 Å². The van der Waals surface area contributed by atoms with Crippen LogP contribution in [0.2, 0.25) is 5.02 Å². The number of rotatable bonds is 7. The summed E-state index contributed by atoms with van der Waals surface area (Å²) in [7, 11) is 1.83. The van der Waals surface area contributed by atoms with Gasteiger partial charge in [0.05, 0.1) is 0 Å². The van der Waals surface area contributed by atoms with Gasteiger partial charge in [-0.15, -0.1) is 0 Å². The van der Waals surface area contributed by atoms with Crippen molar-refractivity contribution in [2.24, 2.45) is 10.9 Å². The monoisotopic (exact) mass is 350 g/mol. The number of nitrogens with zero attached hydrogens (tertiary/aromatic N) is 2. The standard InChI is InChI=1S/C19H31ClN4/c1-3-24-14-10-17(11-15-24)9-13-23-19(21-2)22-12-8-16-4-6-18(20)7-5-16/h4-7,17H,3,8-15H2,1-2H3,(H2,21,22,23). The Bertz CT molecular complexity index is 493. The van der Waals surface area contributed by atoms with Crippen LogP contribution in [0.1, 0.15) is 31.7 Å². The van der Waals surface area contributed by atoms with E-state index < -0.39 is 0 Å². The number of benzene rings is 1. The Morgan fingerprint density at radius 3 is 2.46 bits per heavy atom. The molecule has 1 aromatic carbocycles. The number of piperidine rings is 1. The maximum absolute atomic E-state index is 5.91. The summed E-state index contributed by atoms with van der Waals surface area (Å²) in [6, 6.07) is 8.02. The molecule has 4 nitrogen and oxygen atoms in total. The predicted molar refractivity (Wildman–Crippen MR) is 104 cm³/mol. The smallest absolute Gasteiger partial charge is 0.190 e. The molecule has 0 amide bonds. The number of hydrogen-bond donors (Lipinski definition) is 2. The van der Waals surface area contributed by atoms with E-state index in [9.17, 15) is 0 Å². The molecule has 1 aromatic rings. The molecule has 24 heavy (non-hydrogen) atoms. The zero-order valence-corrected chi connectivity index (χ0v) is 15.8. The Hall–Kier alpha value is -1.26. The highest BCUT2D eigenvalue weighted by Crippen LogP contribution is 2.19. The molecular formula is C19H31ClN4. The second-order valence-corrected chi connectivity index (χ2v) is 6.90. The summed E-state index contributed by atoms with van der Waals surface area (Å²) in [4.78, 5) is 6.85. The summed E-state index contributed by atoms with van der Waals surface area (Å²) in [5, 5.41) is 7.61. The molecule has 0 unspecified atom stereocenters. The predicted octanol–water partition coefficient (Wildman–Crippen LogP) is 3.17. The number of hydrogen-bond acceptors (Lipinski definition) is 2. The molecule has 2 rings (SSSR count). The lowest BCUT2D eigenvalue weighted by atomic mass is 9.93. The molecule has 5 heteroatoms. The van der Waals surface area contributed by atoms with E-state index in [4.69, 9.17) is 11.6 Å². The van der Waals surface area contributed by atoms with Gasteiger partial charge in [0.25, 0.3) is 0 Å². The van der Waals surface area contributed by atoms with E-state index in [-0.39, 0.29) is 0 Å². The Morgan fingerprint density at radius 1 is 1.17 bits per heavy atom. The van der Waals surface area contributed by atoms with Crippen LogP contribution in [-0.4, -0.2) is 50.6 Å². The van der Waals surface area contributed by atoms with Crippen molar-refractivity contribution in [2.45, 2.75) is 32.6 Å². The van der Waals surface area contributed by atoms with Gasteiger partial charge in [-0.3, -0.25) is 4.99 Å². The van der Waals surface area contributed by atoms with Gasteiger partial charge in [-0.1, -0.05) is 30.7 Å². The molecule has 0 radical (unpaired) electrons. The van der Waals surface area contributed by atoms with Crippen molar-refractivity contribution in [3.63, 3.8) is 0 Å². The highest BCUT2D eigenvalue weighted by molar-refractivity contribution is 6.30. The summed E-state index contributed by atoms with van der Waals surface area (Å²) in [5.74, 6) is 1.75. The number of guanidine groups is 1.